The summed E-state index contributed by atoms with van der Waals surface area (Å²) < 4.78 is 0.844. The predicted octanol–water partition coefficient (Wildman–Crippen LogP) is 3.90. The van der Waals surface area contributed by atoms with Gasteiger partial charge >= 0.3 is 0 Å². The quantitative estimate of drug-likeness (QED) is 0.491. The van der Waals surface area contributed by atoms with Gasteiger partial charge in [-0.2, -0.15) is 9.97 Å². The molecule has 5 nitrogen and oxygen atoms in total. The van der Waals surface area contributed by atoms with Crippen LogP contribution in [0.1, 0.15) is 5.56 Å². The smallest absolute Gasteiger partial charge is 0.224 e. The molecule has 1 aromatic carbocycles. The van der Waals surface area contributed by atoms with Gasteiger partial charge in [0.1, 0.15) is 5.82 Å². The Labute approximate surface area is 146 Å². The minimum Gasteiger partial charge on any atom is -0.372 e. The number of nitrogens with two attached hydrogens (primary N) is 1. The third-order valence-electron chi connectivity index (χ3n) is 3.31. The van der Waals surface area contributed by atoms with Crippen LogP contribution in [0.4, 0.5) is 11.8 Å². The zero-order valence-corrected chi connectivity index (χ0v) is 14.7. The number of rotatable bonds is 3. The van der Waals surface area contributed by atoms with E-state index in [1.54, 1.807) is 7.05 Å². The van der Waals surface area contributed by atoms with Crippen LogP contribution in [0.25, 0.3) is 22.3 Å². The average molecular weight is 426 g/mol. The van der Waals surface area contributed by atoms with E-state index in [1.807, 2.05) is 30.3 Å². The summed E-state index contributed by atoms with van der Waals surface area (Å²) in [4.78, 5) is 13.0. The Morgan fingerprint density at radius 3 is 2.73 bits per heavy atom. The number of hydrogen-bond acceptors (Lipinski definition) is 5. The van der Waals surface area contributed by atoms with Crippen LogP contribution in [0, 0.1) is 0 Å². The SMILES string of the molecule is CNc1nc(N)nc2nc(-c3cccc(CI)c3Cl)ccc12. The van der Waals surface area contributed by atoms with E-state index in [1.165, 1.54) is 0 Å². The van der Waals surface area contributed by atoms with Gasteiger partial charge in [0.05, 0.1) is 16.1 Å². The molecule has 2 heterocycles. The highest BCUT2D eigenvalue weighted by Gasteiger charge is 2.12. The molecule has 3 N–H and O–H groups in total. The Kier molecular flexibility index (Phi) is 4.30. The summed E-state index contributed by atoms with van der Waals surface area (Å²) in [5.74, 6) is 0.849. The second-order valence-corrected chi connectivity index (χ2v) is 5.80. The first kappa shape index (κ1) is 15.2. The molecule has 3 rings (SSSR count). The van der Waals surface area contributed by atoms with Crippen molar-refractivity contribution in [2.24, 2.45) is 0 Å². The van der Waals surface area contributed by atoms with Gasteiger partial charge in [-0.15, -0.1) is 0 Å². The molecular formula is C15H13ClIN5. The Hall–Kier alpha value is -1.67. The molecule has 0 saturated carbocycles. The maximum atomic E-state index is 6.47. The van der Waals surface area contributed by atoms with Crippen LogP contribution in [0.3, 0.4) is 0 Å². The molecule has 22 heavy (non-hydrogen) atoms. The number of hydrogen-bond donors (Lipinski definition) is 2. The maximum Gasteiger partial charge on any atom is 0.224 e. The summed E-state index contributed by atoms with van der Waals surface area (Å²) in [5.41, 5.74) is 9.02. The molecule has 3 aromatic rings. The molecule has 112 valence electrons. The van der Waals surface area contributed by atoms with Crippen molar-refractivity contribution in [3.8, 4) is 11.3 Å². The molecule has 0 aliphatic rings. The highest BCUT2D eigenvalue weighted by molar-refractivity contribution is 14.1. The number of halogens is 2. The van der Waals surface area contributed by atoms with Gasteiger partial charge in [-0.25, -0.2) is 4.98 Å². The molecule has 0 aliphatic heterocycles. The molecular weight excluding hydrogens is 413 g/mol. The van der Waals surface area contributed by atoms with E-state index in [9.17, 15) is 0 Å². The normalized spacial score (nSPS) is 10.9. The van der Waals surface area contributed by atoms with Gasteiger partial charge in [-0.3, -0.25) is 0 Å². The van der Waals surface area contributed by atoms with E-state index in [-0.39, 0.29) is 5.95 Å². The van der Waals surface area contributed by atoms with Crippen molar-refractivity contribution >= 4 is 57.0 Å². The number of nitrogens with zero attached hydrogens (tertiary/aromatic N) is 3. The zero-order chi connectivity index (χ0) is 15.7. The van der Waals surface area contributed by atoms with Crippen molar-refractivity contribution in [2.45, 2.75) is 4.43 Å². The monoisotopic (exact) mass is 425 g/mol. The lowest BCUT2D eigenvalue weighted by Crippen LogP contribution is -2.02. The number of nitrogen functional groups attached to an aromatic ring is 1. The van der Waals surface area contributed by atoms with Gasteiger partial charge < -0.3 is 11.1 Å². The van der Waals surface area contributed by atoms with Crippen LogP contribution in [-0.4, -0.2) is 22.0 Å². The van der Waals surface area contributed by atoms with Gasteiger partial charge in [0, 0.05) is 17.0 Å². The summed E-state index contributed by atoms with van der Waals surface area (Å²) in [6, 6.07) is 9.79. The lowest BCUT2D eigenvalue weighted by Gasteiger charge is -2.09. The first-order chi connectivity index (χ1) is 10.6. The van der Waals surface area contributed by atoms with Crippen molar-refractivity contribution in [2.75, 3.05) is 18.1 Å². The number of pyridine rings is 1. The Morgan fingerprint density at radius 2 is 2.00 bits per heavy atom. The van der Waals surface area contributed by atoms with E-state index in [4.69, 9.17) is 17.3 Å². The van der Waals surface area contributed by atoms with E-state index in [0.717, 1.165) is 31.7 Å². The zero-order valence-electron chi connectivity index (χ0n) is 11.8. The average Bonchev–Trinajstić information content (AvgIpc) is 2.53. The maximum absolute atomic E-state index is 6.47. The Balaban J connectivity index is 2.21. The fourth-order valence-corrected chi connectivity index (χ4v) is 3.40. The molecule has 0 spiro atoms. The third-order valence-corrected chi connectivity index (χ3v) is 4.58. The predicted molar refractivity (Wildman–Crippen MR) is 99.5 cm³/mol. The number of anilines is 2. The fraction of sp³-hybridized carbons (Fsp3) is 0.133. The summed E-state index contributed by atoms with van der Waals surface area (Å²) in [7, 11) is 1.79. The minimum atomic E-state index is 0.189. The van der Waals surface area contributed by atoms with Crippen molar-refractivity contribution in [1.29, 1.82) is 0 Å². The standard InChI is InChI=1S/C15H13ClIN5/c1-19-13-10-5-6-11(20-14(10)22-15(18)21-13)9-4-2-3-8(7-17)12(9)16/h2-6H,7H2,1H3,(H3,18,19,20,21,22). The van der Waals surface area contributed by atoms with Gasteiger partial charge in [-0.05, 0) is 17.7 Å². The first-order valence-corrected chi connectivity index (χ1v) is 8.50. The molecule has 0 atom stereocenters. The molecule has 0 unspecified atom stereocenters. The topological polar surface area (TPSA) is 76.7 Å². The second-order valence-electron chi connectivity index (χ2n) is 4.66. The summed E-state index contributed by atoms with van der Waals surface area (Å²) in [6.07, 6.45) is 0. The molecule has 0 bridgehead atoms. The molecule has 0 amide bonds. The van der Waals surface area contributed by atoms with E-state index < -0.39 is 0 Å². The van der Waals surface area contributed by atoms with Gasteiger partial charge in [0.25, 0.3) is 0 Å². The fourth-order valence-electron chi connectivity index (χ4n) is 2.25. The van der Waals surface area contributed by atoms with E-state index in [0.29, 0.717) is 11.5 Å². The van der Waals surface area contributed by atoms with Crippen LogP contribution in [0.15, 0.2) is 30.3 Å². The number of aromatic nitrogens is 3. The van der Waals surface area contributed by atoms with Crippen LogP contribution < -0.4 is 11.1 Å². The van der Waals surface area contributed by atoms with Crippen molar-refractivity contribution < 1.29 is 0 Å². The van der Waals surface area contributed by atoms with E-state index in [2.05, 4.69) is 42.9 Å². The van der Waals surface area contributed by atoms with Crippen molar-refractivity contribution in [3.63, 3.8) is 0 Å². The molecule has 0 aliphatic carbocycles. The largest absolute Gasteiger partial charge is 0.372 e. The number of alkyl halides is 1. The second kappa shape index (κ2) is 6.21. The van der Waals surface area contributed by atoms with Crippen LogP contribution in [0.5, 0.6) is 0 Å². The lowest BCUT2D eigenvalue weighted by atomic mass is 10.1. The van der Waals surface area contributed by atoms with Gasteiger partial charge in [-0.1, -0.05) is 52.4 Å². The molecule has 2 aromatic heterocycles. The van der Waals surface area contributed by atoms with Gasteiger partial charge in [0.15, 0.2) is 5.65 Å². The highest BCUT2D eigenvalue weighted by Crippen LogP contribution is 2.32. The highest BCUT2D eigenvalue weighted by atomic mass is 127. The first-order valence-electron chi connectivity index (χ1n) is 6.59. The number of fused-ring (bicyclic) bond motifs is 1. The molecule has 0 saturated heterocycles. The minimum absolute atomic E-state index is 0.189. The lowest BCUT2D eigenvalue weighted by molar-refractivity contribution is 1.19. The van der Waals surface area contributed by atoms with Crippen molar-refractivity contribution in [1.82, 2.24) is 15.0 Å². The van der Waals surface area contributed by atoms with Crippen molar-refractivity contribution in [3.05, 3.63) is 40.9 Å². The van der Waals surface area contributed by atoms with Crippen LogP contribution in [0.2, 0.25) is 5.02 Å². The third kappa shape index (κ3) is 2.68. The summed E-state index contributed by atoms with van der Waals surface area (Å²) in [6.45, 7) is 0. The summed E-state index contributed by atoms with van der Waals surface area (Å²) >= 11 is 8.76. The van der Waals surface area contributed by atoms with E-state index >= 15 is 0 Å². The Morgan fingerprint density at radius 1 is 1.18 bits per heavy atom. The molecule has 0 radical (unpaired) electrons. The van der Waals surface area contributed by atoms with Gasteiger partial charge in [0.2, 0.25) is 5.95 Å². The Bertz CT molecular complexity index is 853. The van der Waals surface area contributed by atoms with Crippen LogP contribution >= 0.6 is 34.2 Å². The number of nitrogens with one attached hydrogen (secondary N) is 1. The molecule has 7 heteroatoms. The molecule has 0 fully saturated rings. The summed E-state index contributed by atoms with van der Waals surface area (Å²) in [5, 5.41) is 4.54. The van der Waals surface area contributed by atoms with Crippen LogP contribution in [-0.2, 0) is 4.43 Å². The number of benzene rings is 1.